The summed E-state index contributed by atoms with van der Waals surface area (Å²) < 4.78 is 8.20. The van der Waals surface area contributed by atoms with Gasteiger partial charge < -0.3 is 15.0 Å². The molecule has 1 aromatic carbocycles. The van der Waals surface area contributed by atoms with E-state index in [0.29, 0.717) is 12.2 Å². The van der Waals surface area contributed by atoms with Crippen molar-refractivity contribution in [3.8, 4) is 5.75 Å². The molecule has 2 rings (SSSR count). The number of halogens is 1. The number of hydrogen-bond acceptors (Lipinski definition) is 4. The summed E-state index contributed by atoms with van der Waals surface area (Å²) in [7, 11) is 4.02. The van der Waals surface area contributed by atoms with Crippen LogP contribution < -0.4 is 10.1 Å². The fourth-order valence-corrected chi connectivity index (χ4v) is 2.18. The fraction of sp³-hybridized carbons (Fsp3) is 0.375. The van der Waals surface area contributed by atoms with E-state index in [4.69, 9.17) is 4.74 Å². The van der Waals surface area contributed by atoms with Gasteiger partial charge in [-0.05, 0) is 57.4 Å². The molecule has 7 heteroatoms. The molecular weight excluding hydrogens is 360 g/mol. The lowest BCUT2D eigenvalue weighted by Gasteiger charge is -2.09. The molecular formula is C16H21BrN4O2. The predicted molar refractivity (Wildman–Crippen MR) is 92.5 cm³/mol. The maximum Gasteiger partial charge on any atom is 0.271 e. The van der Waals surface area contributed by atoms with E-state index in [1.54, 1.807) is 16.9 Å². The van der Waals surface area contributed by atoms with Gasteiger partial charge in [-0.2, -0.15) is 5.10 Å². The van der Waals surface area contributed by atoms with Gasteiger partial charge >= 0.3 is 0 Å². The summed E-state index contributed by atoms with van der Waals surface area (Å²) in [6, 6.07) is 9.24. The van der Waals surface area contributed by atoms with E-state index >= 15 is 0 Å². The van der Waals surface area contributed by atoms with Gasteiger partial charge in [-0.15, -0.1) is 0 Å². The van der Waals surface area contributed by atoms with Crippen molar-refractivity contribution in [2.75, 3.05) is 27.2 Å². The molecule has 0 unspecified atom stereocenters. The fourth-order valence-electron chi connectivity index (χ4n) is 1.91. The zero-order valence-corrected chi connectivity index (χ0v) is 14.9. The van der Waals surface area contributed by atoms with Gasteiger partial charge in [0, 0.05) is 17.2 Å². The lowest BCUT2D eigenvalue weighted by Crippen LogP contribution is -2.27. The van der Waals surface area contributed by atoms with Gasteiger partial charge in [-0.3, -0.25) is 4.79 Å². The molecule has 1 aromatic heterocycles. The standard InChI is InChI=1S/C16H21BrN4O2/c1-20(2)10-3-9-18-16(22)15-8-11-21(19-15)12-23-14-6-4-13(17)5-7-14/h4-8,11H,3,9-10,12H2,1-2H3,(H,18,22). The molecule has 1 N–H and O–H groups in total. The van der Waals surface area contributed by atoms with E-state index in [2.05, 4.69) is 31.2 Å². The predicted octanol–water partition coefficient (Wildman–Crippen LogP) is 2.36. The first kappa shape index (κ1) is 17.5. The van der Waals surface area contributed by atoms with Crippen LogP contribution in [0.3, 0.4) is 0 Å². The molecule has 0 radical (unpaired) electrons. The van der Waals surface area contributed by atoms with Crippen LogP contribution in [0.15, 0.2) is 41.0 Å². The molecule has 0 bridgehead atoms. The first-order chi connectivity index (χ1) is 11.0. The summed E-state index contributed by atoms with van der Waals surface area (Å²) >= 11 is 3.37. The summed E-state index contributed by atoms with van der Waals surface area (Å²) in [5, 5.41) is 7.08. The quantitative estimate of drug-likeness (QED) is 0.714. The molecule has 6 nitrogen and oxygen atoms in total. The summed E-state index contributed by atoms with van der Waals surface area (Å²) in [6.45, 7) is 1.84. The molecule has 0 saturated heterocycles. The van der Waals surface area contributed by atoms with Gasteiger partial charge in [0.2, 0.25) is 0 Å². The van der Waals surface area contributed by atoms with Crippen molar-refractivity contribution in [1.82, 2.24) is 20.0 Å². The third-order valence-corrected chi connectivity index (χ3v) is 3.65. The molecule has 1 heterocycles. The van der Waals surface area contributed by atoms with Crippen molar-refractivity contribution >= 4 is 21.8 Å². The second-order valence-electron chi connectivity index (χ2n) is 5.38. The number of hydrogen-bond donors (Lipinski definition) is 1. The Kier molecular flexibility index (Phi) is 6.61. The molecule has 124 valence electrons. The molecule has 0 aliphatic heterocycles. The van der Waals surface area contributed by atoms with E-state index in [1.807, 2.05) is 38.4 Å². The highest BCUT2D eigenvalue weighted by atomic mass is 79.9. The van der Waals surface area contributed by atoms with Crippen molar-refractivity contribution in [3.05, 3.63) is 46.7 Å². The molecule has 0 aliphatic rings. The number of aromatic nitrogens is 2. The normalized spacial score (nSPS) is 10.8. The monoisotopic (exact) mass is 380 g/mol. The number of carbonyl (C=O) groups is 1. The van der Waals surface area contributed by atoms with Gasteiger partial charge in [0.1, 0.15) is 11.4 Å². The zero-order valence-electron chi connectivity index (χ0n) is 13.3. The van der Waals surface area contributed by atoms with Crippen LogP contribution in [0.2, 0.25) is 0 Å². The molecule has 0 fully saturated rings. The number of carbonyl (C=O) groups excluding carboxylic acids is 1. The van der Waals surface area contributed by atoms with Crippen LogP contribution in [-0.2, 0) is 6.73 Å². The minimum atomic E-state index is -0.161. The minimum Gasteiger partial charge on any atom is -0.471 e. The minimum absolute atomic E-state index is 0.161. The van der Waals surface area contributed by atoms with E-state index in [9.17, 15) is 4.79 Å². The molecule has 0 spiro atoms. The Hall–Kier alpha value is -1.86. The highest BCUT2D eigenvalue weighted by molar-refractivity contribution is 9.10. The summed E-state index contributed by atoms with van der Waals surface area (Å²) in [5.41, 5.74) is 0.397. The number of amides is 1. The average Bonchev–Trinajstić information content (AvgIpc) is 3.00. The van der Waals surface area contributed by atoms with E-state index in [-0.39, 0.29) is 12.6 Å². The number of benzene rings is 1. The summed E-state index contributed by atoms with van der Waals surface area (Å²) in [5.74, 6) is 0.588. The number of nitrogens with one attached hydrogen (secondary N) is 1. The first-order valence-electron chi connectivity index (χ1n) is 7.39. The third kappa shape index (κ3) is 6.03. The van der Waals surface area contributed by atoms with E-state index in [0.717, 1.165) is 23.2 Å². The molecule has 0 saturated carbocycles. The Labute approximate surface area is 144 Å². The Morgan fingerprint density at radius 1 is 1.30 bits per heavy atom. The largest absolute Gasteiger partial charge is 0.471 e. The topological polar surface area (TPSA) is 59.4 Å². The Morgan fingerprint density at radius 2 is 2.04 bits per heavy atom. The van der Waals surface area contributed by atoms with Crippen LogP contribution in [0.4, 0.5) is 0 Å². The van der Waals surface area contributed by atoms with Crippen LogP contribution in [0, 0.1) is 0 Å². The van der Waals surface area contributed by atoms with Crippen LogP contribution in [0.25, 0.3) is 0 Å². The van der Waals surface area contributed by atoms with Crippen molar-refractivity contribution in [2.24, 2.45) is 0 Å². The number of ether oxygens (including phenoxy) is 1. The summed E-state index contributed by atoms with van der Waals surface area (Å²) in [4.78, 5) is 14.1. The maximum atomic E-state index is 12.0. The van der Waals surface area contributed by atoms with E-state index < -0.39 is 0 Å². The van der Waals surface area contributed by atoms with E-state index in [1.165, 1.54) is 0 Å². The molecule has 0 atom stereocenters. The van der Waals surface area contributed by atoms with Gasteiger partial charge in [0.15, 0.2) is 6.73 Å². The van der Waals surface area contributed by atoms with Gasteiger partial charge in [-0.1, -0.05) is 15.9 Å². The summed E-state index contributed by atoms with van der Waals surface area (Å²) in [6.07, 6.45) is 2.64. The second kappa shape index (κ2) is 8.69. The molecule has 0 aliphatic carbocycles. The first-order valence-corrected chi connectivity index (χ1v) is 8.18. The van der Waals surface area contributed by atoms with Crippen LogP contribution in [0.1, 0.15) is 16.9 Å². The highest BCUT2D eigenvalue weighted by Crippen LogP contribution is 2.16. The van der Waals surface area contributed by atoms with Crippen LogP contribution in [-0.4, -0.2) is 47.8 Å². The zero-order chi connectivity index (χ0) is 16.7. The van der Waals surface area contributed by atoms with Gasteiger partial charge in [0.05, 0.1) is 0 Å². The Balaban J connectivity index is 1.78. The molecule has 1 amide bonds. The average molecular weight is 381 g/mol. The number of nitrogens with zero attached hydrogens (tertiary/aromatic N) is 3. The SMILES string of the molecule is CN(C)CCCNC(=O)c1ccn(COc2ccc(Br)cc2)n1. The smallest absolute Gasteiger partial charge is 0.271 e. The van der Waals surface area contributed by atoms with Crippen molar-refractivity contribution in [3.63, 3.8) is 0 Å². The van der Waals surface area contributed by atoms with Crippen molar-refractivity contribution in [1.29, 1.82) is 0 Å². The Bertz CT molecular complexity index is 625. The number of rotatable bonds is 8. The molecule has 2 aromatic rings. The molecule has 23 heavy (non-hydrogen) atoms. The van der Waals surface area contributed by atoms with Crippen molar-refractivity contribution in [2.45, 2.75) is 13.2 Å². The lowest BCUT2D eigenvalue weighted by atomic mass is 10.3. The van der Waals surface area contributed by atoms with Crippen molar-refractivity contribution < 1.29 is 9.53 Å². The third-order valence-electron chi connectivity index (χ3n) is 3.12. The van der Waals surface area contributed by atoms with Gasteiger partial charge in [-0.25, -0.2) is 4.68 Å². The second-order valence-corrected chi connectivity index (χ2v) is 6.30. The lowest BCUT2D eigenvalue weighted by molar-refractivity contribution is 0.0945. The Morgan fingerprint density at radius 3 is 2.74 bits per heavy atom. The van der Waals surface area contributed by atoms with Crippen LogP contribution >= 0.6 is 15.9 Å². The van der Waals surface area contributed by atoms with Gasteiger partial charge in [0.25, 0.3) is 5.91 Å². The van der Waals surface area contributed by atoms with Crippen LogP contribution in [0.5, 0.6) is 5.75 Å². The maximum absolute atomic E-state index is 12.0. The highest BCUT2D eigenvalue weighted by Gasteiger charge is 2.09.